The van der Waals surface area contributed by atoms with Crippen LogP contribution in [0.3, 0.4) is 0 Å². The van der Waals surface area contributed by atoms with E-state index >= 15 is 0 Å². The lowest BCUT2D eigenvalue weighted by Gasteiger charge is -2.13. The minimum Gasteiger partial charge on any atom is -0.490 e. The van der Waals surface area contributed by atoms with Crippen molar-refractivity contribution in [2.24, 2.45) is 0 Å². The van der Waals surface area contributed by atoms with E-state index in [4.69, 9.17) is 32.7 Å². The van der Waals surface area contributed by atoms with Gasteiger partial charge in [-0.05, 0) is 84.4 Å². The molecule has 0 bridgehead atoms. The monoisotopic (exact) mass is 574 g/mol. The van der Waals surface area contributed by atoms with Gasteiger partial charge in [-0.15, -0.1) is 0 Å². The summed E-state index contributed by atoms with van der Waals surface area (Å²) in [6, 6.07) is 15.5. The molecule has 3 amide bonds. The van der Waals surface area contributed by atoms with Crippen LogP contribution in [0.25, 0.3) is 6.08 Å². The van der Waals surface area contributed by atoms with Gasteiger partial charge in [0.1, 0.15) is 19.0 Å². The number of nitrogens with zero attached hydrogens (tertiary/aromatic N) is 1. The summed E-state index contributed by atoms with van der Waals surface area (Å²) in [5.74, 6) is -0.674. The molecule has 196 valence electrons. The number of ether oxygens (including phenoxy) is 2. The fourth-order valence-corrected chi connectivity index (χ4v) is 4.62. The highest BCUT2D eigenvalue weighted by atomic mass is 35.5. The molecule has 0 aliphatic carbocycles. The first kappa shape index (κ1) is 27.5. The van der Waals surface area contributed by atoms with Gasteiger partial charge < -0.3 is 14.8 Å². The molecule has 1 N–H and O–H groups in total. The Bertz CT molecular complexity index is 1420. The second-order valence-corrected chi connectivity index (χ2v) is 9.81. The zero-order chi connectivity index (χ0) is 27.2. The van der Waals surface area contributed by atoms with Gasteiger partial charge in [0, 0.05) is 5.69 Å². The van der Waals surface area contributed by atoms with Crippen LogP contribution >= 0.6 is 35.0 Å². The molecule has 0 atom stereocenters. The first-order valence-corrected chi connectivity index (χ1v) is 12.9. The Morgan fingerprint density at radius 3 is 2.47 bits per heavy atom. The number of carbonyl (C=O) groups excluding carboxylic acids is 3. The number of imide groups is 1. The molecule has 0 saturated carbocycles. The smallest absolute Gasteiger partial charge is 0.294 e. The zero-order valence-corrected chi connectivity index (χ0v) is 22.3. The van der Waals surface area contributed by atoms with Crippen LogP contribution < -0.4 is 14.8 Å². The van der Waals surface area contributed by atoms with Crippen molar-refractivity contribution in [1.82, 2.24) is 4.90 Å². The van der Waals surface area contributed by atoms with Crippen molar-refractivity contribution in [3.63, 3.8) is 0 Å². The van der Waals surface area contributed by atoms with Crippen LogP contribution in [0.1, 0.15) is 18.1 Å². The molecule has 7 nitrogen and oxygen atoms in total. The molecule has 1 aliphatic heterocycles. The molecule has 4 rings (SSSR count). The summed E-state index contributed by atoms with van der Waals surface area (Å²) in [6.07, 6.45) is 1.55. The summed E-state index contributed by atoms with van der Waals surface area (Å²) >= 11 is 12.8. The highest BCUT2D eigenvalue weighted by molar-refractivity contribution is 8.18. The number of anilines is 1. The van der Waals surface area contributed by atoms with Crippen LogP contribution in [0.15, 0.2) is 65.6 Å². The molecule has 11 heteroatoms. The number of thioether (sulfide) groups is 1. The number of hydrogen-bond donors (Lipinski definition) is 1. The topological polar surface area (TPSA) is 84.9 Å². The second-order valence-electron chi connectivity index (χ2n) is 8.00. The molecule has 0 radical (unpaired) electrons. The first-order valence-electron chi connectivity index (χ1n) is 11.4. The molecule has 1 fully saturated rings. The third-order valence-electron chi connectivity index (χ3n) is 5.25. The summed E-state index contributed by atoms with van der Waals surface area (Å²) in [5, 5.41) is 2.84. The third-order valence-corrected chi connectivity index (χ3v) is 6.89. The summed E-state index contributed by atoms with van der Waals surface area (Å²) < 4.78 is 24.7. The van der Waals surface area contributed by atoms with Gasteiger partial charge in [-0.25, -0.2) is 4.39 Å². The summed E-state index contributed by atoms with van der Waals surface area (Å²) in [6.45, 7) is 1.98. The van der Waals surface area contributed by atoms with Crippen LogP contribution in [-0.4, -0.2) is 35.1 Å². The van der Waals surface area contributed by atoms with Crippen molar-refractivity contribution < 1.29 is 28.2 Å². The normalized spacial score (nSPS) is 14.2. The first-order chi connectivity index (χ1) is 18.2. The number of nitrogens with one attached hydrogen (secondary N) is 1. The van der Waals surface area contributed by atoms with E-state index in [0.29, 0.717) is 39.4 Å². The van der Waals surface area contributed by atoms with Crippen LogP contribution in [0.2, 0.25) is 10.0 Å². The van der Waals surface area contributed by atoms with Crippen LogP contribution in [0, 0.1) is 5.82 Å². The molecule has 1 heterocycles. The summed E-state index contributed by atoms with van der Waals surface area (Å²) in [5.41, 5.74) is 1.78. The molecular weight excluding hydrogens is 554 g/mol. The molecule has 0 unspecified atom stereocenters. The third kappa shape index (κ3) is 6.86. The minimum absolute atomic E-state index is 0.163. The summed E-state index contributed by atoms with van der Waals surface area (Å²) in [7, 11) is 0. The van der Waals surface area contributed by atoms with Crippen molar-refractivity contribution in [2.75, 3.05) is 18.5 Å². The second kappa shape index (κ2) is 12.3. The summed E-state index contributed by atoms with van der Waals surface area (Å²) in [4.78, 5) is 38.7. The lowest BCUT2D eigenvalue weighted by atomic mass is 10.1. The van der Waals surface area contributed by atoms with Gasteiger partial charge in [0.15, 0.2) is 11.5 Å². The number of halogens is 3. The molecule has 38 heavy (non-hydrogen) atoms. The quantitative estimate of drug-likeness (QED) is 0.283. The van der Waals surface area contributed by atoms with E-state index in [1.165, 1.54) is 24.3 Å². The molecular formula is C27H21Cl2FN2O5S. The van der Waals surface area contributed by atoms with Gasteiger partial charge in [-0.3, -0.25) is 19.3 Å². The van der Waals surface area contributed by atoms with E-state index in [1.54, 1.807) is 42.5 Å². The highest BCUT2D eigenvalue weighted by Crippen LogP contribution is 2.35. The fraction of sp³-hybridized carbons (Fsp3) is 0.148. The van der Waals surface area contributed by atoms with E-state index < -0.39 is 29.4 Å². The van der Waals surface area contributed by atoms with Crippen molar-refractivity contribution in [3.8, 4) is 11.5 Å². The number of hydrogen-bond acceptors (Lipinski definition) is 6. The minimum atomic E-state index is -0.591. The molecule has 1 aliphatic rings. The molecule has 1 saturated heterocycles. The van der Waals surface area contributed by atoms with Crippen molar-refractivity contribution >= 4 is 63.8 Å². The van der Waals surface area contributed by atoms with Gasteiger partial charge >= 0.3 is 0 Å². The number of rotatable bonds is 9. The number of carbonyl (C=O) groups is 3. The zero-order valence-electron chi connectivity index (χ0n) is 20.0. The highest BCUT2D eigenvalue weighted by Gasteiger charge is 2.36. The number of amides is 3. The number of benzene rings is 3. The Hall–Kier alpha value is -3.53. The van der Waals surface area contributed by atoms with Gasteiger partial charge in [0.2, 0.25) is 5.91 Å². The van der Waals surface area contributed by atoms with E-state index in [1.807, 2.05) is 6.92 Å². The Labute approximate surface area is 232 Å². The molecule has 0 aromatic heterocycles. The van der Waals surface area contributed by atoms with E-state index in [-0.39, 0.29) is 11.5 Å². The largest absolute Gasteiger partial charge is 0.490 e. The van der Waals surface area contributed by atoms with Gasteiger partial charge in [-0.1, -0.05) is 35.3 Å². The van der Waals surface area contributed by atoms with Gasteiger partial charge in [0.25, 0.3) is 11.1 Å². The molecule has 3 aromatic rings. The molecule has 3 aromatic carbocycles. The van der Waals surface area contributed by atoms with Crippen LogP contribution in [0.4, 0.5) is 14.9 Å². The lowest BCUT2D eigenvalue weighted by molar-refractivity contribution is -0.127. The Morgan fingerprint density at radius 1 is 1.00 bits per heavy atom. The molecule has 0 spiro atoms. The Balaban J connectivity index is 1.44. The maximum Gasteiger partial charge on any atom is 0.294 e. The van der Waals surface area contributed by atoms with Crippen molar-refractivity contribution in [3.05, 3.63) is 92.6 Å². The van der Waals surface area contributed by atoms with E-state index in [9.17, 15) is 18.8 Å². The Kier molecular flexibility index (Phi) is 8.93. The predicted molar refractivity (Wildman–Crippen MR) is 146 cm³/mol. The average Bonchev–Trinajstić information content (AvgIpc) is 3.14. The SMILES string of the molecule is CCOc1cc(/C=C2\SC(=O)N(CC(=O)Nc3ccc(F)cc3)C2=O)ccc1OCc1ccc(Cl)c(Cl)c1. The maximum absolute atomic E-state index is 13.1. The fourth-order valence-electron chi connectivity index (χ4n) is 3.46. The van der Waals surface area contributed by atoms with Crippen molar-refractivity contribution in [1.29, 1.82) is 0 Å². The Morgan fingerprint density at radius 2 is 1.76 bits per heavy atom. The van der Waals surface area contributed by atoms with Crippen LogP contribution in [0.5, 0.6) is 11.5 Å². The van der Waals surface area contributed by atoms with E-state index in [2.05, 4.69) is 5.32 Å². The standard InChI is InChI=1S/C27H21Cl2FN2O5S/c1-2-36-23-12-16(4-10-22(23)37-15-17-3-9-20(28)21(29)11-17)13-24-26(34)32(27(35)38-24)14-25(33)31-19-7-5-18(30)6-8-19/h3-13H,2,14-15H2,1H3,(H,31,33)/b24-13-. The predicted octanol–water partition coefficient (Wildman–Crippen LogP) is 6.79. The average molecular weight is 575 g/mol. The van der Waals surface area contributed by atoms with Crippen molar-refractivity contribution in [2.45, 2.75) is 13.5 Å². The maximum atomic E-state index is 13.1. The van der Waals surface area contributed by atoms with Crippen LogP contribution in [-0.2, 0) is 16.2 Å². The van der Waals surface area contributed by atoms with Gasteiger partial charge in [0.05, 0.1) is 21.6 Å². The van der Waals surface area contributed by atoms with Gasteiger partial charge in [-0.2, -0.15) is 0 Å². The lowest BCUT2D eigenvalue weighted by Crippen LogP contribution is -2.36. The van der Waals surface area contributed by atoms with E-state index in [0.717, 1.165) is 22.2 Å².